The zero-order valence-electron chi connectivity index (χ0n) is 12.5. The molecule has 0 saturated carbocycles. The topological polar surface area (TPSA) is 58.6 Å². The van der Waals surface area contributed by atoms with Crippen LogP contribution in [0.2, 0.25) is 0 Å². The Morgan fingerprint density at radius 3 is 2.57 bits per heavy atom. The van der Waals surface area contributed by atoms with Gasteiger partial charge in [-0.2, -0.15) is 0 Å². The third-order valence-corrected chi connectivity index (χ3v) is 3.57. The molecule has 0 aliphatic carbocycles. The maximum Gasteiger partial charge on any atom is 0.262 e. The number of ether oxygens (including phenoxy) is 1. The van der Waals surface area contributed by atoms with Crippen molar-refractivity contribution in [1.29, 1.82) is 0 Å². The Morgan fingerprint density at radius 1 is 0.957 bits per heavy atom. The van der Waals surface area contributed by atoms with Crippen LogP contribution < -0.4 is 10.1 Å². The first kappa shape index (κ1) is 15.1. The van der Waals surface area contributed by atoms with Gasteiger partial charge in [0.1, 0.15) is 5.75 Å². The molecule has 0 heterocycles. The summed E-state index contributed by atoms with van der Waals surface area (Å²) in [5, 5.41) is 14.1. The van der Waals surface area contributed by atoms with Crippen LogP contribution >= 0.6 is 0 Å². The lowest BCUT2D eigenvalue weighted by Gasteiger charge is -2.11. The standard InChI is InChI=1S/C19H17NO3/c21-12-15-7-2-4-10-17(15)20-19(22)13-23-18-11-5-8-14-6-1-3-9-16(14)18/h1-11,21H,12-13H2,(H,20,22). The van der Waals surface area contributed by atoms with E-state index in [4.69, 9.17) is 4.74 Å². The van der Waals surface area contributed by atoms with Crippen LogP contribution in [0.3, 0.4) is 0 Å². The molecule has 116 valence electrons. The van der Waals surface area contributed by atoms with E-state index < -0.39 is 0 Å². The smallest absolute Gasteiger partial charge is 0.262 e. The van der Waals surface area contributed by atoms with Crippen LogP contribution in [0.15, 0.2) is 66.7 Å². The Labute approximate surface area is 134 Å². The third kappa shape index (κ3) is 3.49. The molecule has 0 aromatic heterocycles. The zero-order valence-corrected chi connectivity index (χ0v) is 12.5. The highest BCUT2D eigenvalue weighted by molar-refractivity contribution is 5.93. The number of aliphatic hydroxyl groups is 1. The molecular formula is C19H17NO3. The number of fused-ring (bicyclic) bond motifs is 1. The van der Waals surface area contributed by atoms with Crippen LogP contribution in [-0.4, -0.2) is 17.6 Å². The van der Waals surface area contributed by atoms with E-state index in [-0.39, 0.29) is 19.1 Å². The monoisotopic (exact) mass is 307 g/mol. The zero-order chi connectivity index (χ0) is 16.1. The minimum Gasteiger partial charge on any atom is -0.483 e. The Hall–Kier alpha value is -2.85. The second-order valence-electron chi connectivity index (χ2n) is 5.13. The Bertz CT molecular complexity index is 824. The highest BCUT2D eigenvalue weighted by atomic mass is 16.5. The van der Waals surface area contributed by atoms with E-state index in [0.717, 1.165) is 10.8 Å². The van der Waals surface area contributed by atoms with Crippen LogP contribution in [0.25, 0.3) is 10.8 Å². The molecule has 0 saturated heterocycles. The molecule has 0 atom stereocenters. The van der Waals surface area contributed by atoms with Crippen molar-refractivity contribution in [2.75, 3.05) is 11.9 Å². The number of carbonyl (C=O) groups is 1. The van der Waals surface area contributed by atoms with Gasteiger partial charge in [-0.3, -0.25) is 4.79 Å². The number of benzene rings is 3. The predicted octanol–water partition coefficient (Wildman–Crippen LogP) is 3.35. The minimum absolute atomic E-state index is 0.0895. The van der Waals surface area contributed by atoms with Crippen molar-refractivity contribution in [2.45, 2.75) is 6.61 Å². The maximum atomic E-state index is 12.1. The molecule has 3 aromatic rings. The predicted molar refractivity (Wildman–Crippen MR) is 90.4 cm³/mol. The summed E-state index contributed by atoms with van der Waals surface area (Å²) in [5.41, 5.74) is 1.27. The van der Waals surface area contributed by atoms with E-state index in [1.165, 1.54) is 0 Å². The van der Waals surface area contributed by atoms with E-state index in [1.807, 2.05) is 48.5 Å². The summed E-state index contributed by atoms with van der Waals surface area (Å²) in [6.45, 7) is -0.214. The summed E-state index contributed by atoms with van der Waals surface area (Å²) in [5.74, 6) is 0.410. The van der Waals surface area contributed by atoms with Gasteiger partial charge in [-0.05, 0) is 17.5 Å². The molecule has 0 radical (unpaired) electrons. The van der Waals surface area contributed by atoms with Crippen LogP contribution in [0.4, 0.5) is 5.69 Å². The molecule has 3 aromatic carbocycles. The van der Waals surface area contributed by atoms with Crippen molar-refractivity contribution in [3.8, 4) is 5.75 Å². The van der Waals surface area contributed by atoms with Crippen molar-refractivity contribution in [1.82, 2.24) is 0 Å². The van der Waals surface area contributed by atoms with E-state index in [0.29, 0.717) is 17.0 Å². The number of hydrogen-bond acceptors (Lipinski definition) is 3. The van der Waals surface area contributed by atoms with Gasteiger partial charge < -0.3 is 15.2 Å². The molecule has 0 aliphatic rings. The largest absolute Gasteiger partial charge is 0.483 e. The molecule has 0 bridgehead atoms. The van der Waals surface area contributed by atoms with Gasteiger partial charge in [0.05, 0.1) is 6.61 Å². The second kappa shape index (κ2) is 6.94. The number of para-hydroxylation sites is 1. The van der Waals surface area contributed by atoms with Crippen LogP contribution in [0, 0.1) is 0 Å². The quantitative estimate of drug-likeness (QED) is 0.760. The van der Waals surface area contributed by atoms with Gasteiger partial charge in [0.2, 0.25) is 0 Å². The summed E-state index contributed by atoms with van der Waals surface area (Å²) in [6, 6.07) is 20.7. The molecule has 3 rings (SSSR count). The van der Waals surface area contributed by atoms with Gasteiger partial charge in [0, 0.05) is 16.6 Å². The van der Waals surface area contributed by atoms with Crippen LogP contribution in [-0.2, 0) is 11.4 Å². The lowest BCUT2D eigenvalue weighted by atomic mass is 10.1. The number of hydrogen-bond donors (Lipinski definition) is 2. The van der Waals surface area contributed by atoms with Crippen molar-refractivity contribution in [3.05, 3.63) is 72.3 Å². The number of amides is 1. The fourth-order valence-electron chi connectivity index (χ4n) is 2.43. The Morgan fingerprint density at radius 2 is 1.70 bits per heavy atom. The molecule has 23 heavy (non-hydrogen) atoms. The molecule has 1 amide bonds. The van der Waals surface area contributed by atoms with Gasteiger partial charge in [-0.1, -0.05) is 54.6 Å². The van der Waals surface area contributed by atoms with Crippen molar-refractivity contribution < 1.29 is 14.6 Å². The van der Waals surface area contributed by atoms with E-state index in [9.17, 15) is 9.90 Å². The number of rotatable bonds is 5. The van der Waals surface area contributed by atoms with Crippen molar-refractivity contribution >= 4 is 22.4 Å². The van der Waals surface area contributed by atoms with Crippen LogP contribution in [0.1, 0.15) is 5.56 Å². The number of aliphatic hydroxyl groups excluding tert-OH is 1. The van der Waals surface area contributed by atoms with Crippen molar-refractivity contribution in [2.24, 2.45) is 0 Å². The molecule has 0 spiro atoms. The lowest BCUT2D eigenvalue weighted by Crippen LogP contribution is -2.21. The average molecular weight is 307 g/mol. The Balaban J connectivity index is 1.69. The first-order chi connectivity index (χ1) is 11.3. The summed E-state index contributed by atoms with van der Waals surface area (Å²) < 4.78 is 5.65. The summed E-state index contributed by atoms with van der Waals surface area (Å²) >= 11 is 0. The normalized spacial score (nSPS) is 10.5. The van der Waals surface area contributed by atoms with Crippen LogP contribution in [0.5, 0.6) is 5.75 Å². The van der Waals surface area contributed by atoms with Gasteiger partial charge in [0.25, 0.3) is 5.91 Å². The highest BCUT2D eigenvalue weighted by Gasteiger charge is 2.08. The van der Waals surface area contributed by atoms with Gasteiger partial charge in [-0.15, -0.1) is 0 Å². The summed E-state index contributed by atoms with van der Waals surface area (Å²) in [4.78, 5) is 12.1. The number of carbonyl (C=O) groups excluding carboxylic acids is 1. The first-order valence-electron chi connectivity index (χ1n) is 7.37. The fraction of sp³-hybridized carbons (Fsp3) is 0.105. The highest BCUT2D eigenvalue weighted by Crippen LogP contribution is 2.25. The number of nitrogens with one attached hydrogen (secondary N) is 1. The molecule has 2 N–H and O–H groups in total. The number of anilines is 1. The summed E-state index contributed by atoms with van der Waals surface area (Å²) in [7, 11) is 0. The SMILES string of the molecule is O=C(COc1cccc2ccccc12)Nc1ccccc1CO. The molecule has 0 aliphatic heterocycles. The van der Waals surface area contributed by atoms with Gasteiger partial charge >= 0.3 is 0 Å². The molecule has 4 nitrogen and oxygen atoms in total. The molecule has 0 fully saturated rings. The summed E-state index contributed by atoms with van der Waals surface area (Å²) in [6.07, 6.45) is 0. The van der Waals surface area contributed by atoms with E-state index in [2.05, 4.69) is 5.32 Å². The lowest BCUT2D eigenvalue weighted by molar-refractivity contribution is -0.118. The van der Waals surface area contributed by atoms with E-state index in [1.54, 1.807) is 18.2 Å². The first-order valence-corrected chi connectivity index (χ1v) is 7.37. The fourth-order valence-corrected chi connectivity index (χ4v) is 2.43. The minimum atomic E-state index is -0.265. The van der Waals surface area contributed by atoms with Crippen molar-refractivity contribution in [3.63, 3.8) is 0 Å². The molecule has 0 unspecified atom stereocenters. The van der Waals surface area contributed by atoms with E-state index >= 15 is 0 Å². The molecule has 4 heteroatoms. The Kier molecular flexibility index (Phi) is 4.54. The van der Waals surface area contributed by atoms with Gasteiger partial charge in [-0.25, -0.2) is 0 Å². The second-order valence-corrected chi connectivity index (χ2v) is 5.13. The average Bonchev–Trinajstić information content (AvgIpc) is 2.60. The maximum absolute atomic E-state index is 12.1. The molecular weight excluding hydrogens is 290 g/mol. The third-order valence-electron chi connectivity index (χ3n) is 3.57. The van der Waals surface area contributed by atoms with Gasteiger partial charge in [0.15, 0.2) is 6.61 Å².